The SMILES string of the molecule is COC(Cc1cccn1C)C(=O)O. The van der Waals surface area contributed by atoms with Gasteiger partial charge < -0.3 is 14.4 Å². The second-order valence-electron chi connectivity index (χ2n) is 2.88. The Labute approximate surface area is 76.7 Å². The molecule has 0 fully saturated rings. The third-order valence-electron chi connectivity index (χ3n) is 2.01. The smallest absolute Gasteiger partial charge is 0.333 e. The van der Waals surface area contributed by atoms with Crippen molar-refractivity contribution in [1.82, 2.24) is 4.57 Å². The summed E-state index contributed by atoms with van der Waals surface area (Å²) in [4.78, 5) is 10.6. The Morgan fingerprint density at radius 2 is 2.46 bits per heavy atom. The molecule has 1 heterocycles. The summed E-state index contributed by atoms with van der Waals surface area (Å²) in [6, 6.07) is 3.76. The molecule has 0 saturated carbocycles. The summed E-state index contributed by atoms with van der Waals surface area (Å²) in [7, 11) is 3.28. The number of aryl methyl sites for hydroxylation is 1. The number of hydrogen-bond donors (Lipinski definition) is 1. The molecular formula is C9H13NO3. The highest BCUT2D eigenvalue weighted by atomic mass is 16.5. The highest BCUT2D eigenvalue weighted by molar-refractivity contribution is 5.72. The predicted octanol–water partition coefficient (Wildman–Crippen LogP) is 0.667. The van der Waals surface area contributed by atoms with Gasteiger partial charge in [-0.2, -0.15) is 0 Å². The fraction of sp³-hybridized carbons (Fsp3) is 0.444. The van der Waals surface area contributed by atoms with Crippen LogP contribution in [0.1, 0.15) is 5.69 Å². The summed E-state index contributed by atoms with van der Waals surface area (Å²) in [6.45, 7) is 0. The van der Waals surface area contributed by atoms with E-state index in [1.165, 1.54) is 7.11 Å². The fourth-order valence-corrected chi connectivity index (χ4v) is 1.17. The maximum Gasteiger partial charge on any atom is 0.333 e. The average Bonchev–Trinajstić information content (AvgIpc) is 2.46. The number of nitrogens with zero attached hydrogens (tertiary/aromatic N) is 1. The Kier molecular flexibility index (Phi) is 3.08. The lowest BCUT2D eigenvalue weighted by atomic mass is 10.2. The predicted molar refractivity (Wildman–Crippen MR) is 47.5 cm³/mol. The molecular weight excluding hydrogens is 170 g/mol. The van der Waals surface area contributed by atoms with Crippen molar-refractivity contribution < 1.29 is 14.6 Å². The molecule has 4 nitrogen and oxygen atoms in total. The number of ether oxygens (including phenoxy) is 1. The molecule has 0 aliphatic carbocycles. The van der Waals surface area contributed by atoms with E-state index in [1.54, 1.807) is 0 Å². The lowest BCUT2D eigenvalue weighted by Gasteiger charge is -2.10. The van der Waals surface area contributed by atoms with Crippen molar-refractivity contribution in [3.05, 3.63) is 24.0 Å². The van der Waals surface area contributed by atoms with Crippen LogP contribution in [0.4, 0.5) is 0 Å². The Hall–Kier alpha value is -1.29. The Bertz CT molecular complexity index is 293. The number of carbonyl (C=O) groups is 1. The summed E-state index contributed by atoms with van der Waals surface area (Å²) in [5.41, 5.74) is 0.953. The van der Waals surface area contributed by atoms with Gasteiger partial charge in [-0.05, 0) is 12.1 Å². The minimum atomic E-state index is -0.927. The van der Waals surface area contributed by atoms with Gasteiger partial charge in [0, 0.05) is 32.5 Å². The van der Waals surface area contributed by atoms with Gasteiger partial charge in [0.1, 0.15) is 0 Å². The molecule has 1 N–H and O–H groups in total. The number of carboxylic acids is 1. The Morgan fingerprint density at radius 3 is 2.85 bits per heavy atom. The molecule has 1 unspecified atom stereocenters. The average molecular weight is 183 g/mol. The van der Waals surface area contributed by atoms with E-state index in [2.05, 4.69) is 0 Å². The zero-order valence-electron chi connectivity index (χ0n) is 7.73. The van der Waals surface area contributed by atoms with Gasteiger partial charge in [-0.1, -0.05) is 0 Å². The molecule has 1 aromatic rings. The second kappa shape index (κ2) is 4.09. The molecule has 0 aliphatic rings. The third kappa shape index (κ3) is 2.32. The minimum absolute atomic E-state index is 0.398. The van der Waals surface area contributed by atoms with Crippen LogP contribution in [-0.4, -0.2) is 28.9 Å². The van der Waals surface area contributed by atoms with Crippen LogP contribution in [0.15, 0.2) is 18.3 Å². The van der Waals surface area contributed by atoms with Crippen molar-refractivity contribution in [3.8, 4) is 0 Å². The van der Waals surface area contributed by atoms with E-state index in [1.807, 2.05) is 29.9 Å². The zero-order valence-corrected chi connectivity index (χ0v) is 7.73. The van der Waals surface area contributed by atoms with Gasteiger partial charge in [0.2, 0.25) is 0 Å². The molecule has 72 valence electrons. The van der Waals surface area contributed by atoms with Crippen LogP contribution in [0, 0.1) is 0 Å². The van der Waals surface area contributed by atoms with Crippen LogP contribution in [0.2, 0.25) is 0 Å². The molecule has 0 aliphatic heterocycles. The first-order chi connectivity index (χ1) is 6.15. The van der Waals surface area contributed by atoms with Crippen molar-refractivity contribution in [2.75, 3.05) is 7.11 Å². The largest absolute Gasteiger partial charge is 0.479 e. The first kappa shape index (κ1) is 9.80. The van der Waals surface area contributed by atoms with Gasteiger partial charge >= 0.3 is 5.97 Å². The first-order valence-electron chi connectivity index (χ1n) is 4.01. The number of methoxy groups -OCH3 is 1. The van der Waals surface area contributed by atoms with Gasteiger partial charge in [0.15, 0.2) is 6.10 Å². The molecule has 1 rings (SSSR count). The summed E-state index contributed by atoms with van der Waals surface area (Å²) < 4.78 is 6.71. The van der Waals surface area contributed by atoms with E-state index in [9.17, 15) is 4.79 Å². The minimum Gasteiger partial charge on any atom is -0.479 e. The van der Waals surface area contributed by atoms with E-state index >= 15 is 0 Å². The molecule has 0 aromatic carbocycles. The molecule has 0 bridgehead atoms. The van der Waals surface area contributed by atoms with E-state index in [4.69, 9.17) is 9.84 Å². The topological polar surface area (TPSA) is 51.5 Å². The van der Waals surface area contributed by atoms with Gasteiger partial charge in [-0.25, -0.2) is 4.79 Å². The van der Waals surface area contributed by atoms with Crippen LogP contribution >= 0.6 is 0 Å². The van der Waals surface area contributed by atoms with Gasteiger partial charge in [0.25, 0.3) is 0 Å². The van der Waals surface area contributed by atoms with E-state index in [0.717, 1.165) is 5.69 Å². The maximum atomic E-state index is 10.6. The van der Waals surface area contributed by atoms with Crippen molar-refractivity contribution in [1.29, 1.82) is 0 Å². The first-order valence-corrected chi connectivity index (χ1v) is 4.01. The highest BCUT2D eigenvalue weighted by Gasteiger charge is 2.17. The summed E-state index contributed by atoms with van der Waals surface area (Å²) >= 11 is 0. The van der Waals surface area contributed by atoms with E-state index in [0.29, 0.717) is 6.42 Å². The normalized spacial score (nSPS) is 12.8. The van der Waals surface area contributed by atoms with Crippen LogP contribution in [-0.2, 0) is 23.0 Å². The molecule has 0 radical (unpaired) electrons. The number of carboxylic acid groups (broad SMARTS) is 1. The lowest BCUT2D eigenvalue weighted by Crippen LogP contribution is -2.25. The molecule has 4 heteroatoms. The Morgan fingerprint density at radius 1 is 1.77 bits per heavy atom. The standard InChI is InChI=1S/C9H13NO3/c1-10-5-3-4-7(10)6-8(13-2)9(11)12/h3-5,8H,6H2,1-2H3,(H,11,12). The van der Waals surface area contributed by atoms with Crippen molar-refractivity contribution in [3.63, 3.8) is 0 Å². The van der Waals surface area contributed by atoms with Crippen LogP contribution in [0.5, 0.6) is 0 Å². The summed E-state index contributed by atoms with van der Waals surface area (Å²) in [5, 5.41) is 8.73. The van der Waals surface area contributed by atoms with Crippen molar-refractivity contribution in [2.24, 2.45) is 7.05 Å². The van der Waals surface area contributed by atoms with Gasteiger partial charge in [0.05, 0.1) is 0 Å². The lowest BCUT2D eigenvalue weighted by molar-refractivity contribution is -0.148. The number of rotatable bonds is 4. The quantitative estimate of drug-likeness (QED) is 0.746. The monoisotopic (exact) mass is 183 g/mol. The van der Waals surface area contributed by atoms with E-state index in [-0.39, 0.29) is 0 Å². The molecule has 0 saturated heterocycles. The molecule has 1 atom stereocenters. The second-order valence-corrected chi connectivity index (χ2v) is 2.88. The number of aromatic nitrogens is 1. The molecule has 0 spiro atoms. The number of aliphatic carboxylic acids is 1. The third-order valence-corrected chi connectivity index (χ3v) is 2.01. The molecule has 0 amide bonds. The van der Waals surface area contributed by atoms with Crippen molar-refractivity contribution >= 4 is 5.97 Å². The maximum absolute atomic E-state index is 10.6. The van der Waals surface area contributed by atoms with Crippen molar-refractivity contribution in [2.45, 2.75) is 12.5 Å². The van der Waals surface area contributed by atoms with E-state index < -0.39 is 12.1 Å². The molecule has 1 aromatic heterocycles. The van der Waals surface area contributed by atoms with Crippen LogP contribution < -0.4 is 0 Å². The van der Waals surface area contributed by atoms with Crippen LogP contribution in [0.3, 0.4) is 0 Å². The zero-order chi connectivity index (χ0) is 9.84. The van der Waals surface area contributed by atoms with Crippen LogP contribution in [0.25, 0.3) is 0 Å². The highest BCUT2D eigenvalue weighted by Crippen LogP contribution is 2.05. The summed E-state index contributed by atoms with van der Waals surface area (Å²) in [5.74, 6) is -0.927. The van der Waals surface area contributed by atoms with Gasteiger partial charge in [-0.15, -0.1) is 0 Å². The Balaban J connectivity index is 2.67. The fourth-order valence-electron chi connectivity index (χ4n) is 1.17. The summed E-state index contributed by atoms with van der Waals surface area (Å²) in [6.07, 6.45) is 1.52. The molecule has 13 heavy (non-hydrogen) atoms. The number of hydrogen-bond acceptors (Lipinski definition) is 2. The van der Waals surface area contributed by atoms with Gasteiger partial charge in [-0.3, -0.25) is 0 Å².